The summed E-state index contributed by atoms with van der Waals surface area (Å²) in [6, 6.07) is 7.52. The minimum absolute atomic E-state index is 0.364. The molecule has 1 aromatic heterocycles. The van der Waals surface area contributed by atoms with Crippen LogP contribution in [0.4, 0.5) is 0 Å². The van der Waals surface area contributed by atoms with E-state index in [4.69, 9.17) is 9.52 Å². The van der Waals surface area contributed by atoms with E-state index in [1.807, 2.05) is 24.3 Å². The number of aliphatic carboxylic acids is 1. The molecule has 0 bridgehead atoms. The molecule has 0 aliphatic carbocycles. The van der Waals surface area contributed by atoms with Gasteiger partial charge in [-0.15, -0.1) is 22.0 Å². The van der Waals surface area contributed by atoms with E-state index in [1.165, 1.54) is 11.8 Å². The van der Waals surface area contributed by atoms with Gasteiger partial charge in [0.05, 0.1) is 5.75 Å². The van der Waals surface area contributed by atoms with E-state index in [1.54, 1.807) is 13.8 Å². The van der Waals surface area contributed by atoms with Gasteiger partial charge in [0.25, 0.3) is 0 Å². The maximum Gasteiger partial charge on any atom is 0.319 e. The zero-order valence-electron chi connectivity index (χ0n) is 11.0. The largest absolute Gasteiger partial charge is 0.480 e. The topological polar surface area (TPSA) is 76.2 Å². The summed E-state index contributed by atoms with van der Waals surface area (Å²) in [5, 5.41) is 16.9. The van der Waals surface area contributed by atoms with Gasteiger partial charge in [-0.05, 0) is 38.1 Å². The van der Waals surface area contributed by atoms with Crippen LogP contribution in [0.1, 0.15) is 19.7 Å². The van der Waals surface area contributed by atoms with E-state index in [9.17, 15) is 4.79 Å². The molecule has 0 aliphatic rings. The number of hydrogen-bond acceptors (Lipinski definition) is 5. The lowest BCUT2D eigenvalue weighted by atomic mass is 10.2. The van der Waals surface area contributed by atoms with Gasteiger partial charge in [-0.25, -0.2) is 0 Å². The number of thioether (sulfide) groups is 1. The van der Waals surface area contributed by atoms with Gasteiger partial charge in [-0.2, -0.15) is 0 Å². The van der Waals surface area contributed by atoms with Gasteiger partial charge >= 0.3 is 5.97 Å². The highest BCUT2D eigenvalue weighted by Crippen LogP contribution is 2.29. The van der Waals surface area contributed by atoms with Crippen LogP contribution < -0.4 is 0 Å². The molecule has 0 unspecified atom stereocenters. The van der Waals surface area contributed by atoms with Crippen molar-refractivity contribution in [1.29, 1.82) is 0 Å². The lowest BCUT2D eigenvalue weighted by Crippen LogP contribution is -2.27. The van der Waals surface area contributed by atoms with Crippen molar-refractivity contribution in [3.05, 3.63) is 34.6 Å². The molecule has 0 fully saturated rings. The Morgan fingerprint density at radius 1 is 1.35 bits per heavy atom. The number of carboxylic acids is 1. The molecule has 2 aromatic rings. The molecule has 5 nitrogen and oxygen atoms in total. The summed E-state index contributed by atoms with van der Waals surface area (Å²) < 4.78 is 5.62. The van der Waals surface area contributed by atoms with Crippen LogP contribution in [-0.2, 0) is 10.5 Å². The number of rotatable bonds is 5. The Balaban J connectivity index is 2.06. The van der Waals surface area contributed by atoms with Crippen LogP contribution in [0.15, 0.2) is 33.2 Å². The standard InChI is InChI=1S/C13H13BrN2O3S/c1-13(2,12(17)18)20-7-10-15-16-11(19-10)8-3-5-9(14)6-4-8/h3-6H,7H2,1-2H3,(H,17,18). The zero-order chi connectivity index (χ0) is 14.8. The van der Waals surface area contributed by atoms with Crippen LogP contribution in [0.5, 0.6) is 0 Å². The fourth-order valence-electron chi connectivity index (χ4n) is 1.32. The van der Waals surface area contributed by atoms with Gasteiger partial charge in [0.15, 0.2) is 0 Å². The van der Waals surface area contributed by atoms with Crippen LogP contribution in [0, 0.1) is 0 Å². The highest BCUT2D eigenvalue weighted by atomic mass is 79.9. The average Bonchev–Trinajstić information content (AvgIpc) is 2.86. The number of aromatic nitrogens is 2. The van der Waals surface area contributed by atoms with E-state index in [2.05, 4.69) is 26.1 Å². The molecular weight excluding hydrogens is 344 g/mol. The molecule has 1 aromatic carbocycles. The molecule has 2 rings (SSSR count). The second-order valence-corrected chi connectivity index (χ2v) is 7.13. The Bertz CT molecular complexity index is 610. The third-order valence-electron chi connectivity index (χ3n) is 2.63. The van der Waals surface area contributed by atoms with Gasteiger partial charge in [-0.3, -0.25) is 4.79 Å². The van der Waals surface area contributed by atoms with E-state index < -0.39 is 10.7 Å². The fourth-order valence-corrected chi connectivity index (χ4v) is 2.31. The minimum atomic E-state index is -0.883. The summed E-state index contributed by atoms with van der Waals surface area (Å²) in [6.45, 7) is 3.29. The normalized spacial score (nSPS) is 11.6. The number of benzene rings is 1. The van der Waals surface area contributed by atoms with Crippen molar-refractivity contribution in [1.82, 2.24) is 10.2 Å². The van der Waals surface area contributed by atoms with Gasteiger partial charge in [0, 0.05) is 10.0 Å². The smallest absolute Gasteiger partial charge is 0.319 e. The van der Waals surface area contributed by atoms with Crippen LogP contribution in [0.3, 0.4) is 0 Å². The van der Waals surface area contributed by atoms with Gasteiger partial charge in [-0.1, -0.05) is 15.9 Å². The Morgan fingerprint density at radius 3 is 2.60 bits per heavy atom. The fraction of sp³-hybridized carbons (Fsp3) is 0.308. The number of carbonyl (C=O) groups is 1. The molecule has 0 radical (unpaired) electrons. The Kier molecular flexibility index (Phi) is 4.49. The molecule has 1 N–H and O–H groups in total. The molecule has 0 amide bonds. The van der Waals surface area contributed by atoms with E-state index in [0.29, 0.717) is 17.5 Å². The molecule has 0 aliphatic heterocycles. The second-order valence-electron chi connectivity index (χ2n) is 4.61. The average molecular weight is 357 g/mol. The van der Waals surface area contributed by atoms with Crippen LogP contribution in [0.25, 0.3) is 11.5 Å². The van der Waals surface area contributed by atoms with Crippen LogP contribution >= 0.6 is 27.7 Å². The quantitative estimate of drug-likeness (QED) is 0.881. The highest BCUT2D eigenvalue weighted by molar-refractivity contribution is 9.10. The Labute approximate surface area is 128 Å². The molecule has 106 valence electrons. The monoisotopic (exact) mass is 356 g/mol. The molecule has 20 heavy (non-hydrogen) atoms. The van der Waals surface area contributed by atoms with Crippen molar-refractivity contribution in [2.24, 2.45) is 0 Å². The number of hydrogen-bond donors (Lipinski definition) is 1. The summed E-state index contributed by atoms with van der Waals surface area (Å²) in [4.78, 5) is 11.0. The lowest BCUT2D eigenvalue weighted by Gasteiger charge is -2.16. The molecule has 7 heteroatoms. The molecular formula is C13H13BrN2O3S. The maximum atomic E-state index is 11.0. The van der Waals surface area contributed by atoms with E-state index in [0.717, 1.165) is 10.0 Å². The summed E-state index contributed by atoms with van der Waals surface area (Å²) >= 11 is 4.61. The van der Waals surface area contributed by atoms with Crippen molar-refractivity contribution in [3.8, 4) is 11.5 Å². The van der Waals surface area contributed by atoms with E-state index >= 15 is 0 Å². The maximum absolute atomic E-state index is 11.0. The number of halogens is 1. The molecule has 0 spiro atoms. The highest BCUT2D eigenvalue weighted by Gasteiger charge is 2.28. The number of carboxylic acid groups (broad SMARTS) is 1. The summed E-state index contributed by atoms with van der Waals surface area (Å²) in [6.07, 6.45) is 0. The van der Waals surface area contributed by atoms with Crippen molar-refractivity contribution < 1.29 is 14.3 Å². The SMILES string of the molecule is CC(C)(SCc1nnc(-c2ccc(Br)cc2)o1)C(=O)O. The van der Waals surface area contributed by atoms with Gasteiger partial charge in [0.1, 0.15) is 4.75 Å². The van der Waals surface area contributed by atoms with E-state index in [-0.39, 0.29) is 0 Å². The molecule has 0 saturated carbocycles. The first-order valence-electron chi connectivity index (χ1n) is 5.84. The second kappa shape index (κ2) is 5.97. The lowest BCUT2D eigenvalue weighted by molar-refractivity contribution is -0.138. The molecule has 0 saturated heterocycles. The predicted molar refractivity (Wildman–Crippen MR) is 80.4 cm³/mol. The predicted octanol–water partition coefficient (Wildman–Crippen LogP) is 3.60. The minimum Gasteiger partial charge on any atom is -0.480 e. The van der Waals surface area contributed by atoms with Crippen molar-refractivity contribution in [2.75, 3.05) is 0 Å². The van der Waals surface area contributed by atoms with Crippen molar-refractivity contribution in [2.45, 2.75) is 24.3 Å². The third kappa shape index (κ3) is 3.61. The summed E-state index contributed by atoms with van der Waals surface area (Å²) in [5.74, 6) is 0.349. The van der Waals surface area contributed by atoms with Crippen molar-refractivity contribution >= 4 is 33.7 Å². The summed E-state index contributed by atoms with van der Waals surface area (Å²) in [5.41, 5.74) is 0.828. The first-order valence-corrected chi connectivity index (χ1v) is 7.62. The van der Waals surface area contributed by atoms with Crippen LogP contribution in [0.2, 0.25) is 0 Å². The summed E-state index contributed by atoms with van der Waals surface area (Å²) in [7, 11) is 0. The third-order valence-corrected chi connectivity index (χ3v) is 4.45. The van der Waals surface area contributed by atoms with Gasteiger partial charge in [0.2, 0.25) is 11.8 Å². The molecule has 0 atom stereocenters. The Hall–Kier alpha value is -1.34. The van der Waals surface area contributed by atoms with Crippen molar-refractivity contribution in [3.63, 3.8) is 0 Å². The number of nitrogens with zero attached hydrogens (tertiary/aromatic N) is 2. The molecule has 1 heterocycles. The zero-order valence-corrected chi connectivity index (χ0v) is 13.4. The van der Waals surface area contributed by atoms with Crippen LogP contribution in [-0.4, -0.2) is 26.0 Å². The first kappa shape index (κ1) is 15.1. The van der Waals surface area contributed by atoms with Gasteiger partial charge < -0.3 is 9.52 Å². The Morgan fingerprint density at radius 2 is 2.00 bits per heavy atom. The first-order chi connectivity index (χ1) is 9.38.